The second kappa shape index (κ2) is 8.32. The van der Waals surface area contributed by atoms with Gasteiger partial charge in [0.1, 0.15) is 0 Å². The zero-order valence-corrected chi connectivity index (χ0v) is 11.1. The van der Waals surface area contributed by atoms with Crippen molar-refractivity contribution in [1.82, 2.24) is 0 Å². The van der Waals surface area contributed by atoms with E-state index in [9.17, 15) is 9.90 Å². The van der Waals surface area contributed by atoms with Crippen LogP contribution in [0.1, 0.15) is 71.1 Å². The van der Waals surface area contributed by atoms with Gasteiger partial charge in [-0.1, -0.05) is 57.9 Å². The molecule has 1 fully saturated rings. The Morgan fingerprint density at radius 3 is 2.53 bits per heavy atom. The molecule has 0 unspecified atom stereocenters. The van der Waals surface area contributed by atoms with Crippen molar-refractivity contribution in [2.75, 3.05) is 0 Å². The van der Waals surface area contributed by atoms with Crippen LogP contribution >= 0.6 is 0 Å². The van der Waals surface area contributed by atoms with Gasteiger partial charge >= 0.3 is 5.97 Å². The fourth-order valence-electron chi connectivity index (χ4n) is 2.63. The van der Waals surface area contributed by atoms with Gasteiger partial charge in [-0.2, -0.15) is 0 Å². The summed E-state index contributed by atoms with van der Waals surface area (Å²) in [5.74, 6) is -0.0793. The maximum absolute atomic E-state index is 11.2. The molecule has 1 rings (SSSR count). The van der Waals surface area contributed by atoms with Crippen LogP contribution in [-0.4, -0.2) is 11.1 Å². The number of hydrogen-bond acceptors (Lipinski definition) is 1. The number of allylic oxidation sites excluding steroid dienone is 1. The standard InChI is InChI=1S/C15H26O2/c1-2-3-4-8-11-14(15(16)17)12-13-9-6-5-7-10-13/h11,13H,2-10,12H2,1H3,(H,16,17). The van der Waals surface area contributed by atoms with Gasteiger partial charge in [0.05, 0.1) is 0 Å². The molecule has 1 saturated carbocycles. The largest absolute Gasteiger partial charge is 0.478 e. The maximum Gasteiger partial charge on any atom is 0.331 e. The molecule has 0 aromatic rings. The normalized spacial score (nSPS) is 18.3. The SMILES string of the molecule is CCCCCC=C(CC1CCCCC1)C(=O)O. The van der Waals surface area contributed by atoms with Gasteiger partial charge in [0.25, 0.3) is 0 Å². The summed E-state index contributed by atoms with van der Waals surface area (Å²) in [5.41, 5.74) is 0.660. The summed E-state index contributed by atoms with van der Waals surface area (Å²) in [6, 6.07) is 0. The van der Waals surface area contributed by atoms with Crippen molar-refractivity contribution >= 4 is 5.97 Å². The minimum absolute atomic E-state index is 0.622. The molecule has 0 amide bonds. The van der Waals surface area contributed by atoms with E-state index in [1.54, 1.807) is 0 Å². The van der Waals surface area contributed by atoms with Gasteiger partial charge in [-0.05, 0) is 25.2 Å². The molecule has 0 aliphatic heterocycles. The van der Waals surface area contributed by atoms with Gasteiger partial charge in [-0.25, -0.2) is 4.79 Å². The smallest absolute Gasteiger partial charge is 0.331 e. The van der Waals surface area contributed by atoms with Crippen molar-refractivity contribution in [2.45, 2.75) is 71.1 Å². The molecule has 2 nitrogen and oxygen atoms in total. The van der Waals surface area contributed by atoms with E-state index in [-0.39, 0.29) is 0 Å². The minimum atomic E-state index is -0.702. The van der Waals surface area contributed by atoms with Crippen LogP contribution in [-0.2, 0) is 4.79 Å². The number of hydrogen-bond donors (Lipinski definition) is 1. The molecule has 2 heteroatoms. The number of rotatable bonds is 7. The molecule has 0 spiro atoms. The topological polar surface area (TPSA) is 37.3 Å². The van der Waals surface area contributed by atoms with Crippen LogP contribution in [0.2, 0.25) is 0 Å². The van der Waals surface area contributed by atoms with Gasteiger partial charge in [-0.15, -0.1) is 0 Å². The van der Waals surface area contributed by atoms with E-state index in [2.05, 4.69) is 6.92 Å². The van der Waals surface area contributed by atoms with Crippen molar-refractivity contribution in [3.8, 4) is 0 Å². The Morgan fingerprint density at radius 2 is 1.94 bits per heavy atom. The number of unbranched alkanes of at least 4 members (excludes halogenated alkanes) is 3. The summed E-state index contributed by atoms with van der Waals surface area (Å²) in [7, 11) is 0. The summed E-state index contributed by atoms with van der Waals surface area (Å²) < 4.78 is 0. The van der Waals surface area contributed by atoms with Crippen LogP contribution < -0.4 is 0 Å². The van der Waals surface area contributed by atoms with E-state index in [4.69, 9.17) is 0 Å². The molecule has 0 aromatic carbocycles. The van der Waals surface area contributed by atoms with E-state index in [1.165, 1.54) is 44.9 Å². The summed E-state index contributed by atoms with van der Waals surface area (Å²) in [6.07, 6.45) is 13.6. The molecule has 1 N–H and O–H groups in total. The Kier molecular flexibility index (Phi) is 6.99. The Bertz CT molecular complexity index is 250. The number of carboxylic acids is 1. The lowest BCUT2D eigenvalue weighted by molar-refractivity contribution is -0.133. The van der Waals surface area contributed by atoms with E-state index in [1.807, 2.05) is 6.08 Å². The van der Waals surface area contributed by atoms with Crippen molar-refractivity contribution in [3.05, 3.63) is 11.6 Å². The molecule has 17 heavy (non-hydrogen) atoms. The van der Waals surface area contributed by atoms with Gasteiger partial charge in [0, 0.05) is 5.57 Å². The molecule has 0 saturated heterocycles. The predicted molar refractivity (Wildman–Crippen MR) is 71.1 cm³/mol. The molecule has 1 aliphatic carbocycles. The Labute approximate surface area is 105 Å². The van der Waals surface area contributed by atoms with E-state index in [0.29, 0.717) is 11.5 Å². The molecule has 0 bridgehead atoms. The highest BCUT2D eigenvalue weighted by molar-refractivity contribution is 5.86. The first kappa shape index (κ1) is 14.3. The van der Waals surface area contributed by atoms with E-state index >= 15 is 0 Å². The Morgan fingerprint density at radius 1 is 1.24 bits per heavy atom. The van der Waals surface area contributed by atoms with Gasteiger partial charge in [-0.3, -0.25) is 0 Å². The third-order valence-electron chi connectivity index (χ3n) is 3.71. The van der Waals surface area contributed by atoms with E-state index < -0.39 is 5.97 Å². The van der Waals surface area contributed by atoms with Crippen LogP contribution in [0, 0.1) is 5.92 Å². The fourth-order valence-corrected chi connectivity index (χ4v) is 2.63. The molecule has 0 atom stereocenters. The lowest BCUT2D eigenvalue weighted by atomic mass is 9.84. The van der Waals surface area contributed by atoms with Crippen LogP contribution in [0.4, 0.5) is 0 Å². The van der Waals surface area contributed by atoms with Crippen LogP contribution in [0.5, 0.6) is 0 Å². The van der Waals surface area contributed by atoms with Crippen molar-refractivity contribution in [3.63, 3.8) is 0 Å². The fraction of sp³-hybridized carbons (Fsp3) is 0.800. The average molecular weight is 238 g/mol. The lowest BCUT2D eigenvalue weighted by Gasteiger charge is -2.21. The molecular weight excluding hydrogens is 212 g/mol. The van der Waals surface area contributed by atoms with Crippen molar-refractivity contribution in [2.24, 2.45) is 5.92 Å². The minimum Gasteiger partial charge on any atom is -0.478 e. The first-order valence-corrected chi connectivity index (χ1v) is 7.16. The van der Waals surface area contributed by atoms with Crippen LogP contribution in [0.15, 0.2) is 11.6 Å². The molecule has 0 heterocycles. The summed E-state index contributed by atoms with van der Waals surface area (Å²) in [4.78, 5) is 11.2. The van der Waals surface area contributed by atoms with Gasteiger partial charge < -0.3 is 5.11 Å². The molecular formula is C15H26O2. The Balaban J connectivity index is 2.38. The monoisotopic (exact) mass is 238 g/mol. The van der Waals surface area contributed by atoms with Crippen LogP contribution in [0.25, 0.3) is 0 Å². The van der Waals surface area contributed by atoms with Crippen LogP contribution in [0.3, 0.4) is 0 Å². The molecule has 98 valence electrons. The highest BCUT2D eigenvalue weighted by Gasteiger charge is 2.17. The number of aliphatic carboxylic acids is 1. The van der Waals surface area contributed by atoms with E-state index in [0.717, 1.165) is 19.3 Å². The van der Waals surface area contributed by atoms with Gasteiger partial charge in [0.2, 0.25) is 0 Å². The third-order valence-corrected chi connectivity index (χ3v) is 3.71. The third kappa shape index (κ3) is 5.90. The summed E-state index contributed by atoms with van der Waals surface area (Å²) in [6.45, 7) is 2.17. The highest BCUT2D eigenvalue weighted by Crippen LogP contribution is 2.29. The van der Waals surface area contributed by atoms with Crippen molar-refractivity contribution < 1.29 is 9.90 Å². The second-order valence-corrected chi connectivity index (χ2v) is 5.24. The number of carboxylic acid groups (broad SMARTS) is 1. The molecule has 1 aliphatic rings. The zero-order chi connectivity index (χ0) is 12.5. The zero-order valence-electron chi connectivity index (χ0n) is 11.1. The summed E-state index contributed by atoms with van der Waals surface area (Å²) in [5, 5.41) is 9.19. The predicted octanol–water partition coefficient (Wildman–Crippen LogP) is 4.55. The lowest BCUT2D eigenvalue weighted by Crippen LogP contribution is -2.11. The second-order valence-electron chi connectivity index (χ2n) is 5.24. The average Bonchev–Trinajstić information content (AvgIpc) is 2.34. The Hall–Kier alpha value is -0.790. The molecule has 0 radical (unpaired) electrons. The van der Waals surface area contributed by atoms with Gasteiger partial charge in [0.15, 0.2) is 0 Å². The maximum atomic E-state index is 11.2. The summed E-state index contributed by atoms with van der Waals surface area (Å²) >= 11 is 0. The number of carbonyl (C=O) groups is 1. The quantitative estimate of drug-likeness (QED) is 0.522. The first-order valence-electron chi connectivity index (χ1n) is 7.16. The molecule has 0 aromatic heterocycles. The van der Waals surface area contributed by atoms with Crippen molar-refractivity contribution in [1.29, 1.82) is 0 Å². The first-order chi connectivity index (χ1) is 8.24. The highest BCUT2D eigenvalue weighted by atomic mass is 16.4.